The third kappa shape index (κ3) is 5.00. The number of ether oxygens (including phenoxy) is 3. The lowest BCUT2D eigenvalue weighted by atomic mass is 10.1. The monoisotopic (exact) mass is 474 g/mol. The lowest BCUT2D eigenvalue weighted by Crippen LogP contribution is -2.47. The molecule has 9 nitrogen and oxygen atoms in total. The summed E-state index contributed by atoms with van der Waals surface area (Å²) in [5.41, 5.74) is 1.86. The maximum absolute atomic E-state index is 13.0. The molecular formula is C23H26N2O7S. The molecule has 0 radical (unpaired) electrons. The van der Waals surface area contributed by atoms with Crippen molar-refractivity contribution in [2.45, 2.75) is 40.7 Å². The van der Waals surface area contributed by atoms with Gasteiger partial charge in [-0.05, 0) is 57.9 Å². The van der Waals surface area contributed by atoms with Crippen LogP contribution < -0.4 is 15.0 Å². The van der Waals surface area contributed by atoms with E-state index in [1.165, 1.54) is 4.90 Å². The topological polar surface area (TPSA) is 111 Å². The van der Waals surface area contributed by atoms with Crippen LogP contribution >= 0.6 is 11.3 Å². The van der Waals surface area contributed by atoms with Gasteiger partial charge < -0.3 is 19.5 Å². The van der Waals surface area contributed by atoms with E-state index >= 15 is 0 Å². The molecule has 1 aromatic heterocycles. The van der Waals surface area contributed by atoms with E-state index in [2.05, 4.69) is 5.32 Å². The predicted molar refractivity (Wildman–Crippen MR) is 123 cm³/mol. The van der Waals surface area contributed by atoms with Crippen molar-refractivity contribution in [1.29, 1.82) is 0 Å². The van der Waals surface area contributed by atoms with Crippen LogP contribution in [0.3, 0.4) is 0 Å². The molecule has 10 heteroatoms. The van der Waals surface area contributed by atoms with Crippen LogP contribution in [0.2, 0.25) is 0 Å². The van der Waals surface area contributed by atoms with Gasteiger partial charge in [0.15, 0.2) is 6.10 Å². The second-order valence-electron chi connectivity index (χ2n) is 7.41. The minimum atomic E-state index is -0.748. The molecule has 0 fully saturated rings. The number of fused-ring (bicyclic) bond motifs is 1. The van der Waals surface area contributed by atoms with Crippen molar-refractivity contribution in [1.82, 2.24) is 0 Å². The number of aryl methyl sites for hydroxylation is 1. The first-order valence-corrected chi connectivity index (χ1v) is 11.4. The Hall–Kier alpha value is -3.40. The molecular weight excluding hydrogens is 448 g/mol. The van der Waals surface area contributed by atoms with Crippen molar-refractivity contribution in [3.63, 3.8) is 0 Å². The summed E-state index contributed by atoms with van der Waals surface area (Å²) in [5.74, 6) is -1.64. The smallest absolute Gasteiger partial charge is 0.348 e. The molecule has 33 heavy (non-hydrogen) atoms. The molecule has 0 saturated carbocycles. The van der Waals surface area contributed by atoms with Crippen molar-refractivity contribution in [3.8, 4) is 5.75 Å². The number of anilines is 2. The predicted octanol–water partition coefficient (Wildman–Crippen LogP) is 3.47. The van der Waals surface area contributed by atoms with Gasteiger partial charge in [-0.25, -0.2) is 9.59 Å². The largest absolute Gasteiger partial charge is 0.479 e. The fourth-order valence-electron chi connectivity index (χ4n) is 3.43. The lowest BCUT2D eigenvalue weighted by molar-refractivity contribution is -0.127. The number of benzene rings is 1. The first-order valence-electron chi connectivity index (χ1n) is 10.5. The number of rotatable bonds is 7. The summed E-state index contributed by atoms with van der Waals surface area (Å²) in [6.07, 6.45) is -0.748. The van der Waals surface area contributed by atoms with Crippen LogP contribution in [-0.4, -0.2) is 49.6 Å². The highest BCUT2D eigenvalue weighted by Gasteiger charge is 2.34. The fourth-order valence-corrected chi connectivity index (χ4v) is 4.54. The van der Waals surface area contributed by atoms with Crippen LogP contribution in [-0.2, 0) is 19.1 Å². The third-order valence-electron chi connectivity index (χ3n) is 4.96. The summed E-state index contributed by atoms with van der Waals surface area (Å²) < 4.78 is 15.8. The summed E-state index contributed by atoms with van der Waals surface area (Å²) in [7, 11) is 0. The number of carbonyl (C=O) groups excluding carboxylic acids is 4. The van der Waals surface area contributed by atoms with E-state index in [0.717, 1.165) is 16.9 Å². The van der Waals surface area contributed by atoms with E-state index in [0.29, 0.717) is 17.0 Å². The molecule has 0 saturated heterocycles. The third-order valence-corrected chi connectivity index (χ3v) is 6.15. The Morgan fingerprint density at radius 1 is 1.12 bits per heavy atom. The van der Waals surface area contributed by atoms with Crippen LogP contribution in [0.4, 0.5) is 10.7 Å². The Balaban J connectivity index is 1.90. The SMILES string of the molecule is CCOC(=O)c1sc(NC(=O)CN2C(=O)C(C)Oc3ccc(C)cc32)c(C(=O)OCC)c1C. The van der Waals surface area contributed by atoms with Crippen molar-refractivity contribution in [3.05, 3.63) is 39.8 Å². The van der Waals surface area contributed by atoms with E-state index in [9.17, 15) is 19.2 Å². The van der Waals surface area contributed by atoms with Crippen molar-refractivity contribution in [2.75, 3.05) is 30.0 Å². The Labute approximate surface area is 195 Å². The highest BCUT2D eigenvalue weighted by atomic mass is 32.1. The number of carbonyl (C=O) groups is 4. The van der Waals surface area contributed by atoms with E-state index in [1.54, 1.807) is 39.8 Å². The minimum absolute atomic E-state index is 0.0937. The minimum Gasteiger partial charge on any atom is -0.479 e. The number of thiophene rings is 1. The van der Waals surface area contributed by atoms with E-state index < -0.39 is 23.9 Å². The van der Waals surface area contributed by atoms with Gasteiger partial charge in [0.25, 0.3) is 5.91 Å². The van der Waals surface area contributed by atoms with E-state index in [4.69, 9.17) is 14.2 Å². The Morgan fingerprint density at radius 3 is 2.45 bits per heavy atom. The van der Waals surface area contributed by atoms with Gasteiger partial charge in [0.2, 0.25) is 5.91 Å². The zero-order valence-electron chi connectivity index (χ0n) is 19.1. The number of amides is 2. The quantitative estimate of drug-likeness (QED) is 0.612. The van der Waals surface area contributed by atoms with Crippen LogP contribution in [0, 0.1) is 13.8 Å². The van der Waals surface area contributed by atoms with Gasteiger partial charge in [-0.2, -0.15) is 0 Å². The molecule has 1 aromatic carbocycles. The molecule has 2 amide bonds. The average molecular weight is 475 g/mol. The van der Waals surface area contributed by atoms with Crippen LogP contribution in [0.1, 0.15) is 51.9 Å². The van der Waals surface area contributed by atoms with Gasteiger partial charge in [0.05, 0.1) is 24.5 Å². The highest BCUT2D eigenvalue weighted by Crippen LogP contribution is 2.36. The van der Waals surface area contributed by atoms with Gasteiger partial charge >= 0.3 is 11.9 Å². The van der Waals surface area contributed by atoms with Crippen LogP contribution in [0.15, 0.2) is 18.2 Å². The standard InChI is InChI=1S/C23H26N2O7S/c1-6-30-22(28)18-13(4)19(23(29)31-7-2)33-20(18)24-17(26)11-25-15-10-12(3)8-9-16(15)32-14(5)21(25)27/h8-10,14H,6-7,11H2,1-5H3,(H,24,26). The first-order chi connectivity index (χ1) is 15.7. The Bertz CT molecular complexity index is 1110. The number of hydrogen-bond donors (Lipinski definition) is 1. The van der Waals surface area contributed by atoms with E-state index in [1.807, 2.05) is 13.0 Å². The van der Waals surface area contributed by atoms with Crippen LogP contribution in [0.5, 0.6) is 5.75 Å². The van der Waals surface area contributed by atoms with Crippen LogP contribution in [0.25, 0.3) is 0 Å². The second-order valence-corrected chi connectivity index (χ2v) is 8.43. The summed E-state index contributed by atoms with van der Waals surface area (Å²) in [6.45, 7) is 8.43. The summed E-state index contributed by atoms with van der Waals surface area (Å²) in [5, 5.41) is 2.84. The molecule has 0 aliphatic carbocycles. The summed E-state index contributed by atoms with van der Waals surface area (Å²) in [4.78, 5) is 52.1. The van der Waals surface area contributed by atoms with Gasteiger partial charge in [-0.3, -0.25) is 14.5 Å². The molecule has 1 unspecified atom stereocenters. The maximum atomic E-state index is 13.0. The number of esters is 2. The molecule has 1 N–H and O–H groups in total. The van der Waals surface area contributed by atoms with Gasteiger partial charge in [0, 0.05) is 0 Å². The highest BCUT2D eigenvalue weighted by molar-refractivity contribution is 7.18. The average Bonchev–Trinajstić information content (AvgIpc) is 3.08. The molecule has 1 aliphatic heterocycles. The zero-order valence-corrected chi connectivity index (χ0v) is 20.0. The maximum Gasteiger partial charge on any atom is 0.348 e. The normalized spacial score (nSPS) is 14.9. The fraction of sp³-hybridized carbons (Fsp3) is 0.391. The number of nitrogens with zero attached hydrogens (tertiary/aromatic N) is 1. The Kier molecular flexibility index (Phi) is 7.37. The van der Waals surface area contributed by atoms with Crippen molar-refractivity contribution >= 4 is 45.8 Å². The molecule has 0 spiro atoms. The van der Waals surface area contributed by atoms with Gasteiger partial charge in [-0.15, -0.1) is 11.3 Å². The van der Waals surface area contributed by atoms with Crippen molar-refractivity contribution < 1.29 is 33.4 Å². The Morgan fingerprint density at radius 2 is 1.79 bits per heavy atom. The molecule has 1 aliphatic rings. The molecule has 1 atom stereocenters. The molecule has 3 rings (SSSR count). The van der Waals surface area contributed by atoms with Gasteiger partial charge in [0.1, 0.15) is 22.2 Å². The lowest BCUT2D eigenvalue weighted by Gasteiger charge is -2.32. The molecule has 2 aromatic rings. The molecule has 2 heterocycles. The molecule has 0 bridgehead atoms. The number of hydrogen-bond acceptors (Lipinski definition) is 8. The summed E-state index contributed by atoms with van der Waals surface area (Å²) >= 11 is 0.933. The zero-order chi connectivity index (χ0) is 24.3. The van der Waals surface area contributed by atoms with Gasteiger partial charge in [-0.1, -0.05) is 6.07 Å². The first kappa shape index (κ1) is 24.2. The number of nitrogens with one attached hydrogen (secondary N) is 1. The van der Waals surface area contributed by atoms with Crippen molar-refractivity contribution in [2.24, 2.45) is 0 Å². The second kappa shape index (κ2) is 10.0. The molecule has 176 valence electrons. The van der Waals surface area contributed by atoms with E-state index in [-0.39, 0.29) is 41.1 Å². The summed E-state index contributed by atoms with van der Waals surface area (Å²) in [6, 6.07) is 5.38.